The molecule has 2 aliphatic heterocycles. The minimum atomic E-state index is -2.27. The van der Waals surface area contributed by atoms with Crippen molar-refractivity contribution in [3.63, 3.8) is 0 Å². The molecule has 0 spiro atoms. The van der Waals surface area contributed by atoms with Crippen molar-refractivity contribution >= 4 is 8.32 Å². The minimum absolute atomic E-state index is 0.0175. The van der Waals surface area contributed by atoms with Gasteiger partial charge in [-0.3, -0.25) is 0 Å². The molecule has 8 atom stereocenters. The van der Waals surface area contributed by atoms with Crippen molar-refractivity contribution in [3.05, 3.63) is 144 Å². The van der Waals surface area contributed by atoms with Crippen LogP contribution in [0.25, 0.3) is 0 Å². The highest BCUT2D eigenvalue weighted by atomic mass is 28.4. The summed E-state index contributed by atoms with van der Waals surface area (Å²) in [6.45, 7) is 16.5. The van der Waals surface area contributed by atoms with Crippen LogP contribution < -0.4 is 0 Å². The molecule has 0 saturated carbocycles. The predicted octanol–water partition coefficient (Wildman–Crippen LogP) is 10.6. The van der Waals surface area contributed by atoms with Crippen LogP contribution in [0.1, 0.15) is 88.5 Å². The van der Waals surface area contributed by atoms with E-state index in [1.807, 2.05) is 72.8 Å². The molecule has 60 heavy (non-hydrogen) atoms. The second-order valence-corrected chi connectivity index (χ2v) is 23.2. The maximum absolute atomic E-state index is 12.0. The molecule has 2 aliphatic rings. The summed E-state index contributed by atoms with van der Waals surface area (Å²) in [4.78, 5) is 0. The topological polar surface area (TPSA) is 84.8 Å². The van der Waals surface area contributed by atoms with Crippen molar-refractivity contribution in [2.45, 2.75) is 159 Å². The van der Waals surface area contributed by atoms with Crippen LogP contribution in [0.2, 0.25) is 18.1 Å². The normalized spacial score (nSPS) is 26.4. The number of benzene rings is 4. The lowest BCUT2D eigenvalue weighted by Gasteiger charge is -2.47. The Kier molecular flexibility index (Phi) is 17.1. The highest BCUT2D eigenvalue weighted by Crippen LogP contribution is 2.42. The lowest BCUT2D eigenvalue weighted by atomic mass is 9.90. The van der Waals surface area contributed by atoms with Gasteiger partial charge < -0.3 is 38.0 Å². The van der Waals surface area contributed by atoms with Gasteiger partial charge in [0, 0.05) is 19.4 Å². The Morgan fingerprint density at radius 3 is 1.72 bits per heavy atom. The Morgan fingerprint density at radius 2 is 1.17 bits per heavy atom. The molecule has 2 heterocycles. The number of hydrogen-bond donors (Lipinski definition) is 1. The average Bonchev–Trinajstić information content (AvgIpc) is 3.35. The fraction of sp³-hybridized carbons (Fsp3) is 0.529. The summed E-state index contributed by atoms with van der Waals surface area (Å²) in [5, 5.41) is 11.9. The molecule has 326 valence electrons. The fourth-order valence-corrected chi connectivity index (χ4v) is 9.43. The molecule has 0 aliphatic carbocycles. The summed E-state index contributed by atoms with van der Waals surface area (Å²) in [7, 11) is -2.27. The number of ether oxygens (including phenoxy) is 6. The van der Waals surface area contributed by atoms with E-state index >= 15 is 0 Å². The van der Waals surface area contributed by atoms with Crippen molar-refractivity contribution in [1.29, 1.82) is 0 Å². The highest BCUT2D eigenvalue weighted by Gasteiger charge is 2.49. The largest absolute Gasteiger partial charge is 0.411 e. The second kappa shape index (κ2) is 22.2. The van der Waals surface area contributed by atoms with Gasteiger partial charge in [-0.05, 0) is 73.0 Å². The Balaban J connectivity index is 1.22. The van der Waals surface area contributed by atoms with E-state index in [1.165, 1.54) is 0 Å². The van der Waals surface area contributed by atoms with Gasteiger partial charge in [-0.1, -0.05) is 142 Å². The Bertz CT molecular complexity index is 1790. The Labute approximate surface area is 361 Å². The number of aliphatic hydroxyl groups excluding tert-OH is 1. The van der Waals surface area contributed by atoms with Gasteiger partial charge in [-0.25, -0.2) is 0 Å². The van der Waals surface area contributed by atoms with E-state index in [2.05, 4.69) is 89.3 Å². The molecule has 9 heteroatoms. The summed E-state index contributed by atoms with van der Waals surface area (Å²) in [5.74, 6) is 0. The zero-order valence-electron chi connectivity index (χ0n) is 36.9. The van der Waals surface area contributed by atoms with Crippen LogP contribution in [0.3, 0.4) is 0 Å². The molecule has 0 unspecified atom stereocenters. The van der Waals surface area contributed by atoms with Crippen molar-refractivity contribution < 1.29 is 38.0 Å². The highest BCUT2D eigenvalue weighted by molar-refractivity contribution is 6.74. The first-order valence-electron chi connectivity index (χ1n) is 22.1. The van der Waals surface area contributed by atoms with Gasteiger partial charge in [-0.2, -0.15) is 0 Å². The van der Waals surface area contributed by atoms with Crippen LogP contribution >= 0.6 is 0 Å². The van der Waals surface area contributed by atoms with Gasteiger partial charge in [0.15, 0.2) is 8.32 Å². The number of hydrogen-bond acceptors (Lipinski definition) is 8. The summed E-state index contributed by atoms with van der Waals surface area (Å²) in [6, 6.07) is 41.0. The smallest absolute Gasteiger partial charge is 0.192 e. The van der Waals surface area contributed by atoms with E-state index in [0.29, 0.717) is 71.7 Å². The molecular weight excluding hydrogens is 769 g/mol. The summed E-state index contributed by atoms with van der Waals surface area (Å²) in [5.41, 5.74) is 3.79. The van der Waals surface area contributed by atoms with Gasteiger partial charge in [0.25, 0.3) is 0 Å². The molecule has 0 aromatic heterocycles. The lowest BCUT2D eigenvalue weighted by molar-refractivity contribution is -0.223. The molecule has 1 N–H and O–H groups in total. The zero-order valence-corrected chi connectivity index (χ0v) is 37.9. The van der Waals surface area contributed by atoms with Gasteiger partial charge >= 0.3 is 0 Å². The van der Waals surface area contributed by atoms with E-state index < -0.39 is 26.1 Å². The fourth-order valence-electron chi connectivity index (χ4n) is 8.07. The third-order valence-corrected chi connectivity index (χ3v) is 17.2. The molecule has 0 amide bonds. The summed E-state index contributed by atoms with van der Waals surface area (Å²) in [6.07, 6.45) is 1.16. The van der Waals surface area contributed by atoms with E-state index in [1.54, 1.807) is 0 Å². The van der Waals surface area contributed by atoms with Crippen LogP contribution in [0.5, 0.6) is 0 Å². The average molecular weight is 839 g/mol. The molecule has 2 fully saturated rings. The second-order valence-electron chi connectivity index (χ2n) is 18.5. The van der Waals surface area contributed by atoms with E-state index in [0.717, 1.165) is 28.7 Å². The Hall–Kier alpha value is -3.22. The maximum Gasteiger partial charge on any atom is 0.192 e. The maximum atomic E-state index is 12.0. The molecule has 8 nitrogen and oxygen atoms in total. The molecule has 6 rings (SSSR count). The van der Waals surface area contributed by atoms with Crippen molar-refractivity contribution in [2.75, 3.05) is 13.2 Å². The monoisotopic (exact) mass is 838 g/mol. The van der Waals surface area contributed by atoms with Crippen molar-refractivity contribution in [3.8, 4) is 0 Å². The van der Waals surface area contributed by atoms with Crippen LogP contribution in [-0.4, -0.2) is 75.0 Å². The molecule has 0 bridgehead atoms. The third-order valence-electron chi connectivity index (χ3n) is 12.7. The van der Waals surface area contributed by atoms with Gasteiger partial charge in [0.1, 0.15) is 6.10 Å². The van der Waals surface area contributed by atoms with Crippen LogP contribution in [0.15, 0.2) is 121 Å². The summed E-state index contributed by atoms with van der Waals surface area (Å²) < 4.78 is 47.6. The molecular formula is C51H70O8Si. The number of aliphatic hydroxyl groups is 1. The minimum Gasteiger partial charge on any atom is -0.411 e. The van der Waals surface area contributed by atoms with Gasteiger partial charge in [-0.15, -0.1) is 0 Å². The number of rotatable bonds is 20. The quantitative estimate of drug-likeness (QED) is 0.0696. The summed E-state index contributed by atoms with van der Waals surface area (Å²) >= 11 is 0. The zero-order chi connectivity index (χ0) is 42.4. The molecule has 0 radical (unpaired) electrons. The first kappa shape index (κ1) is 46.3. The first-order chi connectivity index (χ1) is 28.9. The van der Waals surface area contributed by atoms with Crippen molar-refractivity contribution in [1.82, 2.24) is 0 Å². The SMILES string of the molecule is CC(C)(C)[Si](C)(C)O[C@@H]1C[C@H](OCc2ccccc2)[C@@H](COCc2ccccc2)O[C@H]1C[C@H]1O[C@@](C)(CCCOCc2ccccc2)[C@H](OCc2ccccc2)CC[C@@H]1O. The van der Waals surface area contributed by atoms with Crippen molar-refractivity contribution in [2.24, 2.45) is 0 Å². The standard InChI is InChI=1S/C51H70O8Si/c1-50(2,3)60(5,6)59-47-33-45(55-36-41-24-15-9-16-25-41)48(38-54-35-40-22-13-8-14-23-40)57-46(47)32-44-43(52)28-29-49(56-37-42-26-17-10-18-27-42)51(4,58-44)30-19-31-53-34-39-20-11-7-12-21-39/h7-18,20-27,43-49,52H,19,28-38H2,1-6H3/t43-,44+,45-,46-,47+,48+,49+,51-/m0/s1. The van der Waals surface area contributed by atoms with Crippen LogP contribution in [0, 0.1) is 0 Å². The molecule has 4 aromatic rings. The molecule has 2 saturated heterocycles. The van der Waals surface area contributed by atoms with E-state index in [-0.39, 0.29) is 35.6 Å². The van der Waals surface area contributed by atoms with Gasteiger partial charge in [0.05, 0.1) is 75.3 Å². The third kappa shape index (κ3) is 13.6. The molecule has 4 aromatic carbocycles. The first-order valence-corrected chi connectivity index (χ1v) is 25.0. The van der Waals surface area contributed by atoms with E-state index in [9.17, 15) is 5.11 Å². The lowest BCUT2D eigenvalue weighted by Crippen LogP contribution is -2.57. The Morgan fingerprint density at radius 1 is 0.650 bits per heavy atom. The van der Waals surface area contributed by atoms with Crippen LogP contribution in [0.4, 0.5) is 0 Å². The van der Waals surface area contributed by atoms with Crippen LogP contribution in [-0.2, 0) is 59.3 Å². The predicted molar refractivity (Wildman–Crippen MR) is 240 cm³/mol. The van der Waals surface area contributed by atoms with E-state index in [4.69, 9.17) is 32.8 Å². The van der Waals surface area contributed by atoms with Gasteiger partial charge in [0.2, 0.25) is 0 Å².